The fraction of sp³-hybridized carbons (Fsp3) is 0.0526. The number of rotatable bonds is 2. The number of nitrogens with zero attached hydrogens (tertiary/aromatic N) is 1. The third-order valence-corrected chi connectivity index (χ3v) is 10.2. The molecule has 1 fully saturated rings. The average molecular weight is 604 g/mol. The maximum absolute atomic E-state index is 11.2. The van der Waals surface area contributed by atoms with Crippen molar-refractivity contribution in [1.82, 2.24) is 0 Å². The van der Waals surface area contributed by atoms with Gasteiger partial charge in [0.05, 0.1) is 0 Å². The molecule has 10 rings (SSSR count). The van der Waals surface area contributed by atoms with E-state index in [1.165, 1.54) is 33.5 Å². The first-order valence-corrected chi connectivity index (χ1v) is 16.3. The predicted molar refractivity (Wildman–Crippen MR) is 196 cm³/mol. The molecular weight excluding hydrogens is 576 g/mol. The van der Waals surface area contributed by atoms with Crippen molar-refractivity contribution in [3.63, 3.8) is 0 Å². The van der Waals surface area contributed by atoms with Crippen molar-refractivity contribution in [3.05, 3.63) is 132 Å². The van der Waals surface area contributed by atoms with Gasteiger partial charge in [0.1, 0.15) is 0 Å². The monoisotopic (exact) mass is 604 g/mol. The van der Waals surface area contributed by atoms with Crippen molar-refractivity contribution < 1.29 is 14.2 Å². The lowest BCUT2D eigenvalue weighted by Gasteiger charge is -2.49. The van der Waals surface area contributed by atoms with Gasteiger partial charge in [0, 0.05) is 33.6 Å². The molecule has 0 saturated carbocycles. The van der Waals surface area contributed by atoms with Gasteiger partial charge in [0.15, 0.2) is 0 Å². The Balaban J connectivity index is 1.16. The molecule has 220 valence electrons. The second-order valence-electron chi connectivity index (χ2n) is 13.1. The summed E-state index contributed by atoms with van der Waals surface area (Å²) in [5.41, 5.74) is 17.5. The van der Waals surface area contributed by atoms with E-state index in [9.17, 15) is 5.02 Å². The molecule has 4 aliphatic rings. The molecule has 0 aliphatic carbocycles. The van der Waals surface area contributed by atoms with Gasteiger partial charge in [0.25, 0.3) is 0 Å². The van der Waals surface area contributed by atoms with Gasteiger partial charge in [-0.1, -0.05) is 97.1 Å². The van der Waals surface area contributed by atoms with Crippen molar-refractivity contribution in [2.75, 3.05) is 9.95 Å². The highest BCUT2D eigenvalue weighted by molar-refractivity contribution is 7.00. The zero-order valence-corrected chi connectivity index (χ0v) is 26.1. The van der Waals surface area contributed by atoms with Gasteiger partial charge in [-0.2, -0.15) is 0 Å². The molecule has 0 spiro atoms. The van der Waals surface area contributed by atoms with Crippen LogP contribution in [0.5, 0.6) is 0 Å². The molecule has 0 radical (unpaired) electrons. The largest absolute Gasteiger partial charge is 0.466 e. The van der Waals surface area contributed by atoms with E-state index >= 15 is 0 Å². The van der Waals surface area contributed by atoms with Gasteiger partial charge in [-0.25, -0.2) is 0 Å². The quantitative estimate of drug-likeness (QED) is 0.280. The second kappa shape index (κ2) is 10.0. The van der Waals surface area contributed by atoms with E-state index < -0.39 is 14.2 Å². The van der Waals surface area contributed by atoms with Crippen LogP contribution >= 0.6 is 0 Å². The number of aryl methyl sites for hydroxylation is 2. The summed E-state index contributed by atoms with van der Waals surface area (Å²) in [5.74, 6) is 0. The summed E-state index contributed by atoms with van der Waals surface area (Å²) in [6.07, 6.45) is 0. The second-order valence-corrected chi connectivity index (χ2v) is 13.1. The van der Waals surface area contributed by atoms with Crippen LogP contribution in [-0.2, 0) is 9.14 Å². The predicted octanol–water partition coefficient (Wildman–Crippen LogP) is 4.75. The molecule has 0 atom stereocenters. The smallest absolute Gasteiger partial charge is 0.450 e. The van der Waals surface area contributed by atoms with E-state index in [-0.39, 0.29) is 14.1 Å². The molecule has 6 aromatic carbocycles. The summed E-state index contributed by atoms with van der Waals surface area (Å²) in [4.78, 5) is 0. The molecular formula is C38H28B4N2O3. The van der Waals surface area contributed by atoms with E-state index in [1.54, 1.807) is 0 Å². The van der Waals surface area contributed by atoms with Gasteiger partial charge in [0.2, 0.25) is 0 Å². The van der Waals surface area contributed by atoms with E-state index in [1.807, 2.05) is 18.2 Å². The third kappa shape index (κ3) is 3.88. The molecule has 2 N–H and O–H groups in total. The molecule has 0 unspecified atom stereocenters. The van der Waals surface area contributed by atoms with Crippen LogP contribution in [0.1, 0.15) is 11.1 Å². The summed E-state index contributed by atoms with van der Waals surface area (Å²) >= 11 is 0. The molecule has 9 heteroatoms. The van der Waals surface area contributed by atoms with Gasteiger partial charge >= 0.3 is 28.3 Å². The molecule has 0 amide bonds. The topological polar surface area (TPSA) is 54.0 Å². The normalized spacial score (nSPS) is 14.9. The van der Waals surface area contributed by atoms with Crippen LogP contribution in [0, 0.1) is 13.8 Å². The fourth-order valence-electron chi connectivity index (χ4n) is 8.24. The Hall–Kier alpha value is -4.94. The Morgan fingerprint density at radius 1 is 0.511 bits per heavy atom. The van der Waals surface area contributed by atoms with Crippen molar-refractivity contribution in [2.24, 2.45) is 0 Å². The van der Waals surface area contributed by atoms with Crippen LogP contribution in [0.2, 0.25) is 0 Å². The lowest BCUT2D eigenvalue weighted by atomic mass is 9.47. The molecule has 47 heavy (non-hydrogen) atoms. The number of hydrogen-bond donors (Lipinski definition) is 2. The van der Waals surface area contributed by atoms with Gasteiger partial charge < -0.3 is 24.1 Å². The number of fused-ring (bicyclic) bond motifs is 9. The molecule has 1 saturated heterocycles. The van der Waals surface area contributed by atoms with E-state index in [4.69, 9.17) is 9.14 Å². The summed E-state index contributed by atoms with van der Waals surface area (Å²) in [7, 11) is -2.14. The highest BCUT2D eigenvalue weighted by atomic mass is 16.6. The zero-order chi connectivity index (χ0) is 31.4. The van der Waals surface area contributed by atoms with Crippen molar-refractivity contribution in [3.8, 4) is 44.5 Å². The summed E-state index contributed by atoms with van der Waals surface area (Å²) < 4.78 is 16.6. The first kappa shape index (κ1) is 27.2. The molecule has 0 aromatic heterocycles. The van der Waals surface area contributed by atoms with Crippen LogP contribution in [0.4, 0.5) is 11.4 Å². The van der Waals surface area contributed by atoms with Crippen LogP contribution in [0.25, 0.3) is 44.5 Å². The van der Waals surface area contributed by atoms with Crippen molar-refractivity contribution in [1.29, 1.82) is 0 Å². The Kier molecular flexibility index (Phi) is 5.80. The van der Waals surface area contributed by atoms with Crippen LogP contribution in [0.3, 0.4) is 0 Å². The minimum Gasteiger partial charge on any atom is -0.450 e. The first-order valence-electron chi connectivity index (χ1n) is 16.3. The lowest BCUT2D eigenvalue weighted by Crippen LogP contribution is -2.74. The van der Waals surface area contributed by atoms with Crippen molar-refractivity contribution >= 4 is 61.5 Å². The van der Waals surface area contributed by atoms with E-state index in [0.717, 1.165) is 55.4 Å². The molecule has 5 nitrogen and oxygen atoms in total. The third-order valence-electron chi connectivity index (χ3n) is 10.2. The van der Waals surface area contributed by atoms with Crippen molar-refractivity contribution in [2.45, 2.75) is 13.8 Å². The molecule has 0 bridgehead atoms. The van der Waals surface area contributed by atoms with Gasteiger partial charge in [-0.3, -0.25) is 0 Å². The first-order chi connectivity index (χ1) is 23.0. The Morgan fingerprint density at radius 2 is 0.915 bits per heavy atom. The highest BCUT2D eigenvalue weighted by Crippen LogP contribution is 2.47. The zero-order valence-electron chi connectivity index (χ0n) is 26.1. The number of benzene rings is 6. The standard InChI is InChI=1S/C38H28B4N2O3/c1-23-19-29-25-11-3-7-15-33(25)39(45)43-37(29)30(20-23)26-12-6-10-18-36(26)42-46-40-34-16-8-4-13-27(34)31-21-24(2)22-32-28-14-5-9-17-35(28)41(47-42)44(40)38(31)32/h3-22,43,45H,1-2H3. The van der Waals surface area contributed by atoms with Crippen LogP contribution in [-0.4, -0.2) is 33.3 Å². The Labute approximate surface area is 275 Å². The summed E-state index contributed by atoms with van der Waals surface area (Å²) in [5, 5.41) is 14.6. The Bertz CT molecular complexity index is 2220. The maximum atomic E-state index is 11.2. The number of hydrogen-bond acceptors (Lipinski definition) is 5. The Morgan fingerprint density at radius 3 is 1.45 bits per heavy atom. The molecule has 6 aromatic rings. The van der Waals surface area contributed by atoms with E-state index in [2.05, 4.69) is 127 Å². The number of nitrogens with one attached hydrogen (secondary N) is 1. The minimum absolute atomic E-state index is 0.344. The number of anilines is 2. The SMILES string of the molecule is Cc1cc2c(c(-c3ccccc3B3OB4c5ccccc5-c5cc(C)cc6c5N4B(O3)c3ccccc3-6)c1)NB(O)c1ccccc1-2. The lowest BCUT2D eigenvalue weighted by molar-refractivity contribution is 0.437. The van der Waals surface area contributed by atoms with Gasteiger partial charge in [-0.05, 0) is 93.3 Å². The summed E-state index contributed by atoms with van der Waals surface area (Å²) in [6, 6.07) is 42.6. The fourth-order valence-corrected chi connectivity index (χ4v) is 8.24. The highest BCUT2D eigenvalue weighted by Gasteiger charge is 2.54. The van der Waals surface area contributed by atoms with Crippen LogP contribution < -0.4 is 31.8 Å². The molecule has 4 aliphatic heterocycles. The maximum Gasteiger partial charge on any atom is 0.466 e. The molecule has 4 heterocycles. The van der Waals surface area contributed by atoms with Crippen LogP contribution in [0.15, 0.2) is 121 Å². The minimum atomic E-state index is -0.807. The van der Waals surface area contributed by atoms with Gasteiger partial charge in [-0.15, -0.1) is 0 Å². The van der Waals surface area contributed by atoms with E-state index in [0.29, 0.717) is 0 Å². The summed E-state index contributed by atoms with van der Waals surface area (Å²) in [6.45, 7) is 4.30. The average Bonchev–Trinajstić information content (AvgIpc) is 3.11.